The summed E-state index contributed by atoms with van der Waals surface area (Å²) in [6.07, 6.45) is 0.0662. The summed E-state index contributed by atoms with van der Waals surface area (Å²) in [6, 6.07) is 4.48. The van der Waals surface area contributed by atoms with Gasteiger partial charge in [-0.3, -0.25) is 4.79 Å². The Morgan fingerprint density at radius 1 is 1.24 bits per heavy atom. The van der Waals surface area contributed by atoms with Crippen LogP contribution in [-0.4, -0.2) is 31.1 Å². The predicted octanol–water partition coefficient (Wildman–Crippen LogP) is 3.38. The van der Waals surface area contributed by atoms with Crippen molar-refractivity contribution in [3.05, 3.63) is 35.6 Å². The number of carbonyl (C=O) groups is 2. The molecule has 0 saturated heterocycles. The Balaban J connectivity index is 2.71. The number of hydrogen-bond acceptors (Lipinski definition) is 2. The van der Waals surface area contributed by atoms with Crippen molar-refractivity contribution in [3.8, 4) is 11.5 Å². The van der Waals surface area contributed by atoms with Gasteiger partial charge in [-0.2, -0.15) is 0 Å². The van der Waals surface area contributed by atoms with Crippen LogP contribution in [0.4, 0.5) is 4.39 Å². The van der Waals surface area contributed by atoms with Gasteiger partial charge in [0.25, 0.3) is 0 Å². The summed E-state index contributed by atoms with van der Waals surface area (Å²) < 4.78 is 12.9. The maximum atomic E-state index is 12.9. The van der Waals surface area contributed by atoms with Gasteiger partial charge in [0.15, 0.2) is 0 Å². The number of hydrogen-bond donors (Lipinski definition) is 2. The molecule has 1 aromatic rings. The average Bonchev–Trinajstić information content (AvgIpc) is 2.47. The van der Waals surface area contributed by atoms with Crippen LogP contribution in [-0.2, 0) is 16.0 Å². The minimum Gasteiger partial charge on any atom is -0.480 e. The Morgan fingerprint density at radius 2 is 1.80 bits per heavy atom. The summed E-state index contributed by atoms with van der Waals surface area (Å²) in [5.41, 5.74) is 3.87. The predicted molar refractivity (Wildman–Crippen MR) is 99.3 cm³/mol. The number of carboxylic acids is 1. The number of amides is 1. The Kier molecular flexibility index (Phi) is 6.94. The molecule has 0 heterocycles. The molecule has 0 aliphatic heterocycles. The van der Waals surface area contributed by atoms with Gasteiger partial charge in [-0.15, -0.1) is 11.5 Å². The largest absolute Gasteiger partial charge is 0.480 e. The van der Waals surface area contributed by atoms with Crippen molar-refractivity contribution in [3.63, 3.8) is 0 Å². The molecule has 0 radical (unpaired) electrons. The maximum Gasteiger partial charge on any atom is 0.327 e. The fourth-order valence-corrected chi connectivity index (χ4v) is 2.71. The summed E-state index contributed by atoms with van der Waals surface area (Å²) in [5, 5.41) is 11.9. The number of halogens is 1. The standard InChI is InChI=1S/C19H26FNO3Si/c1-19(2,3)25(4,5)12-6-7-16(18(23)24)21-17(22)13-14-8-10-15(20)11-9-14/h8-11,16H,7,13H2,1-5H3,(H,21,22)(H,23,24)/t16-/m1/s1. The highest BCUT2D eigenvalue weighted by molar-refractivity contribution is 6.87. The van der Waals surface area contributed by atoms with Crippen LogP contribution in [0.3, 0.4) is 0 Å². The van der Waals surface area contributed by atoms with Crippen molar-refractivity contribution in [1.82, 2.24) is 5.32 Å². The average molecular weight is 364 g/mol. The molecule has 1 rings (SSSR count). The van der Waals surface area contributed by atoms with Crippen LogP contribution in [0.5, 0.6) is 0 Å². The topological polar surface area (TPSA) is 66.4 Å². The van der Waals surface area contributed by atoms with Crippen molar-refractivity contribution in [2.75, 3.05) is 0 Å². The van der Waals surface area contributed by atoms with Crippen molar-refractivity contribution < 1.29 is 19.1 Å². The van der Waals surface area contributed by atoms with Gasteiger partial charge in [0.1, 0.15) is 19.9 Å². The highest BCUT2D eigenvalue weighted by atomic mass is 28.3. The van der Waals surface area contributed by atoms with E-state index in [0.29, 0.717) is 5.56 Å². The van der Waals surface area contributed by atoms with E-state index in [1.165, 1.54) is 24.3 Å². The van der Waals surface area contributed by atoms with Crippen molar-refractivity contribution in [1.29, 1.82) is 0 Å². The van der Waals surface area contributed by atoms with E-state index in [0.717, 1.165) is 0 Å². The third-order valence-electron chi connectivity index (χ3n) is 4.49. The van der Waals surface area contributed by atoms with Crippen LogP contribution >= 0.6 is 0 Å². The molecule has 0 fully saturated rings. The van der Waals surface area contributed by atoms with E-state index in [1.807, 2.05) is 0 Å². The molecule has 2 N–H and O–H groups in total. The molecule has 0 bridgehead atoms. The smallest absolute Gasteiger partial charge is 0.327 e. The van der Waals surface area contributed by atoms with E-state index in [2.05, 4.69) is 50.6 Å². The zero-order valence-electron chi connectivity index (χ0n) is 15.4. The van der Waals surface area contributed by atoms with Gasteiger partial charge in [-0.25, -0.2) is 9.18 Å². The van der Waals surface area contributed by atoms with Crippen molar-refractivity contribution in [2.45, 2.75) is 57.8 Å². The first kappa shape index (κ1) is 20.9. The number of rotatable bonds is 5. The first-order valence-electron chi connectivity index (χ1n) is 8.19. The molecule has 25 heavy (non-hydrogen) atoms. The van der Waals surface area contributed by atoms with Crippen molar-refractivity contribution in [2.24, 2.45) is 0 Å². The Bertz CT molecular complexity index is 681. The van der Waals surface area contributed by atoms with Gasteiger partial charge in [-0.1, -0.05) is 46.0 Å². The fourth-order valence-electron chi connectivity index (χ4n) is 1.79. The van der Waals surface area contributed by atoms with Gasteiger partial charge < -0.3 is 10.4 Å². The molecule has 136 valence electrons. The zero-order chi connectivity index (χ0) is 19.3. The number of carbonyl (C=O) groups excluding carboxylic acids is 1. The lowest BCUT2D eigenvalue weighted by Gasteiger charge is -2.31. The second-order valence-electron chi connectivity index (χ2n) is 7.64. The Hall–Kier alpha value is -2.13. The van der Waals surface area contributed by atoms with Gasteiger partial charge >= 0.3 is 5.97 Å². The molecule has 0 saturated carbocycles. The van der Waals surface area contributed by atoms with Crippen LogP contribution in [0.15, 0.2) is 24.3 Å². The summed E-state index contributed by atoms with van der Waals surface area (Å²) in [7, 11) is -1.82. The van der Waals surface area contributed by atoms with Gasteiger partial charge in [0.05, 0.1) is 6.42 Å². The molecule has 0 aliphatic rings. The van der Waals surface area contributed by atoms with E-state index < -0.39 is 26.0 Å². The van der Waals surface area contributed by atoms with Gasteiger partial charge in [0.2, 0.25) is 5.91 Å². The third-order valence-corrected chi connectivity index (χ3v) is 9.05. The lowest BCUT2D eigenvalue weighted by Crippen LogP contribution is -2.41. The van der Waals surface area contributed by atoms with Gasteiger partial charge in [-0.05, 0) is 22.7 Å². The second kappa shape index (κ2) is 8.30. The lowest BCUT2D eigenvalue weighted by molar-refractivity contribution is -0.141. The maximum absolute atomic E-state index is 12.9. The monoisotopic (exact) mass is 363 g/mol. The van der Waals surface area contributed by atoms with Crippen LogP contribution in [0.1, 0.15) is 32.8 Å². The molecule has 1 amide bonds. The zero-order valence-corrected chi connectivity index (χ0v) is 16.4. The minimum atomic E-state index is -1.82. The van der Waals surface area contributed by atoms with Crippen LogP contribution in [0, 0.1) is 17.3 Å². The number of aliphatic carboxylic acids is 1. The number of benzene rings is 1. The van der Waals surface area contributed by atoms with Gasteiger partial charge in [0, 0.05) is 6.42 Å². The molecule has 0 unspecified atom stereocenters. The van der Waals surface area contributed by atoms with Crippen LogP contribution in [0.2, 0.25) is 18.1 Å². The van der Waals surface area contributed by atoms with E-state index in [9.17, 15) is 19.1 Å². The fraction of sp³-hybridized carbons (Fsp3) is 0.474. The molecule has 1 aromatic carbocycles. The summed E-state index contributed by atoms with van der Waals surface area (Å²) in [6.45, 7) is 10.7. The minimum absolute atomic E-state index is 0.000275. The van der Waals surface area contributed by atoms with Crippen LogP contribution < -0.4 is 5.32 Å². The lowest BCUT2D eigenvalue weighted by atomic mass is 10.1. The molecule has 0 spiro atoms. The highest BCUT2D eigenvalue weighted by Crippen LogP contribution is 2.35. The third kappa shape index (κ3) is 6.71. The molecule has 4 nitrogen and oxygen atoms in total. The summed E-state index contributed by atoms with van der Waals surface area (Å²) >= 11 is 0. The molecular weight excluding hydrogens is 337 g/mol. The first-order chi connectivity index (χ1) is 11.4. The Morgan fingerprint density at radius 3 is 2.28 bits per heavy atom. The quantitative estimate of drug-likeness (QED) is 0.622. The normalized spacial score (nSPS) is 12.7. The number of carboxylic acid groups (broad SMARTS) is 1. The molecule has 0 aliphatic carbocycles. The van der Waals surface area contributed by atoms with E-state index in [4.69, 9.17) is 0 Å². The second-order valence-corrected chi connectivity index (χ2v) is 12.6. The Labute approximate surface area is 149 Å². The first-order valence-corrected chi connectivity index (χ1v) is 11.2. The van der Waals surface area contributed by atoms with Crippen LogP contribution in [0.25, 0.3) is 0 Å². The summed E-state index contributed by atoms with van der Waals surface area (Å²) in [5.74, 6) is 1.04. The highest BCUT2D eigenvalue weighted by Gasteiger charge is 2.33. The molecule has 0 aromatic heterocycles. The van der Waals surface area contributed by atoms with E-state index in [-0.39, 0.29) is 23.7 Å². The SMILES string of the molecule is CC(C)(C)[Si](C)(C)C#CC[C@@H](NC(=O)Cc1ccc(F)cc1)C(=O)O. The van der Waals surface area contributed by atoms with Crippen molar-refractivity contribution >= 4 is 20.0 Å². The molecule has 6 heteroatoms. The van der Waals surface area contributed by atoms with E-state index in [1.54, 1.807) is 0 Å². The summed E-state index contributed by atoms with van der Waals surface area (Å²) in [4.78, 5) is 23.4. The number of nitrogens with one attached hydrogen (secondary N) is 1. The molecular formula is C19H26FNO3Si. The van der Waals surface area contributed by atoms with E-state index >= 15 is 0 Å². The molecule has 1 atom stereocenters.